The molecule has 0 spiro atoms. The number of allylic oxidation sites excluding steroid dienone is 6. The number of ether oxygens (including phenoxy) is 2. The van der Waals surface area contributed by atoms with E-state index in [0.29, 0.717) is 6.42 Å². The Bertz CT molecular complexity index is 671. The first-order chi connectivity index (χ1) is 10.6. The predicted octanol–water partition coefficient (Wildman–Crippen LogP) is 4.55. The summed E-state index contributed by atoms with van der Waals surface area (Å²) in [5.74, 6) is 1.16. The highest BCUT2D eigenvalue weighted by molar-refractivity contribution is 6.84. The molecule has 0 bridgehead atoms. The second-order valence-corrected chi connectivity index (χ2v) is 12.7. The summed E-state index contributed by atoms with van der Waals surface area (Å²) in [6.45, 7) is 13.2. The monoisotopic (exact) mass is 332 g/mol. The van der Waals surface area contributed by atoms with Crippen LogP contribution in [-0.4, -0.2) is 28.1 Å². The maximum atomic E-state index is 12.3. The first kappa shape index (κ1) is 17.8. The molecular weight excluding hydrogens is 304 g/mol. The highest BCUT2D eigenvalue weighted by atomic mass is 28.3. The van der Waals surface area contributed by atoms with E-state index in [0.717, 1.165) is 16.9 Å². The minimum atomic E-state index is -1.69. The summed E-state index contributed by atoms with van der Waals surface area (Å²) < 4.78 is 11.2. The van der Waals surface area contributed by atoms with Crippen molar-refractivity contribution in [3.63, 3.8) is 0 Å². The zero-order valence-corrected chi connectivity index (χ0v) is 16.6. The molecule has 3 nitrogen and oxygen atoms in total. The summed E-state index contributed by atoms with van der Waals surface area (Å²) in [5.41, 5.74) is 4.19. The number of ketones is 1. The smallest absolute Gasteiger partial charge is 0.157 e. The van der Waals surface area contributed by atoms with Crippen molar-refractivity contribution in [2.75, 3.05) is 14.2 Å². The van der Waals surface area contributed by atoms with Crippen LogP contribution >= 0.6 is 0 Å². The van der Waals surface area contributed by atoms with E-state index in [1.54, 1.807) is 26.6 Å². The molecule has 0 N–H and O–H groups in total. The molecule has 4 heteroatoms. The third kappa shape index (κ3) is 2.73. The molecule has 1 unspecified atom stereocenters. The van der Waals surface area contributed by atoms with Crippen LogP contribution in [0.25, 0.3) is 0 Å². The lowest BCUT2D eigenvalue weighted by atomic mass is 9.68. The maximum absolute atomic E-state index is 12.3. The van der Waals surface area contributed by atoms with Gasteiger partial charge in [-0.3, -0.25) is 4.79 Å². The molecule has 0 radical (unpaired) electrons. The molecule has 23 heavy (non-hydrogen) atoms. The molecule has 1 atom stereocenters. The summed E-state index contributed by atoms with van der Waals surface area (Å²) in [6, 6.07) is 0. The Balaban J connectivity index is 2.88. The van der Waals surface area contributed by atoms with Gasteiger partial charge in [-0.25, -0.2) is 0 Å². The van der Waals surface area contributed by atoms with E-state index in [1.165, 1.54) is 16.3 Å². The fourth-order valence-corrected chi connectivity index (χ4v) is 6.31. The quantitative estimate of drug-likeness (QED) is 0.559. The van der Waals surface area contributed by atoms with Gasteiger partial charge in [0.05, 0.1) is 28.6 Å². The van der Waals surface area contributed by atoms with E-state index in [-0.39, 0.29) is 11.2 Å². The lowest BCUT2D eigenvalue weighted by Crippen LogP contribution is -2.30. The summed E-state index contributed by atoms with van der Waals surface area (Å²) in [6.07, 6.45) is 4.04. The van der Waals surface area contributed by atoms with Gasteiger partial charge in [-0.05, 0) is 41.8 Å². The average molecular weight is 333 g/mol. The molecule has 0 saturated carbocycles. The number of hydrogen-bond acceptors (Lipinski definition) is 3. The predicted molar refractivity (Wildman–Crippen MR) is 96.7 cm³/mol. The number of carbonyl (C=O) groups excluding carboxylic acids is 1. The molecule has 0 heterocycles. The second kappa shape index (κ2) is 5.82. The van der Waals surface area contributed by atoms with E-state index in [4.69, 9.17) is 9.47 Å². The van der Waals surface area contributed by atoms with Crippen molar-refractivity contribution < 1.29 is 14.3 Å². The number of fused-ring (bicyclic) bond motifs is 1. The summed E-state index contributed by atoms with van der Waals surface area (Å²) in [4.78, 5) is 12.3. The topological polar surface area (TPSA) is 35.5 Å². The van der Waals surface area contributed by atoms with Crippen molar-refractivity contribution in [3.8, 4) is 0 Å². The molecule has 126 valence electrons. The normalized spacial score (nSPS) is 25.7. The minimum Gasteiger partial charge on any atom is -0.504 e. The van der Waals surface area contributed by atoms with Gasteiger partial charge in [0, 0.05) is 17.4 Å². The molecule has 2 aliphatic rings. The number of rotatable bonds is 4. The largest absolute Gasteiger partial charge is 0.504 e. The number of carbonyl (C=O) groups is 1. The van der Waals surface area contributed by atoms with Crippen LogP contribution in [0.4, 0.5) is 0 Å². The number of methoxy groups -OCH3 is 2. The first-order valence-electron chi connectivity index (χ1n) is 8.03. The van der Waals surface area contributed by atoms with Gasteiger partial charge in [0.25, 0.3) is 0 Å². The Morgan fingerprint density at radius 1 is 1.30 bits per heavy atom. The molecule has 0 saturated heterocycles. The van der Waals surface area contributed by atoms with Crippen molar-refractivity contribution in [3.05, 3.63) is 45.6 Å². The Labute approximate surface area is 140 Å². The van der Waals surface area contributed by atoms with E-state index in [2.05, 4.69) is 33.5 Å². The third-order valence-corrected chi connectivity index (χ3v) is 6.73. The van der Waals surface area contributed by atoms with Gasteiger partial charge in [-0.2, -0.15) is 0 Å². The van der Waals surface area contributed by atoms with Crippen LogP contribution in [-0.2, 0) is 14.3 Å². The van der Waals surface area contributed by atoms with Crippen molar-refractivity contribution in [1.29, 1.82) is 0 Å². The Kier molecular flexibility index (Phi) is 4.50. The fourth-order valence-electron chi connectivity index (χ4n) is 4.18. The molecule has 0 aromatic rings. The van der Waals surface area contributed by atoms with Gasteiger partial charge in [-0.15, -0.1) is 0 Å². The SMILES string of the molecule is CO/C=C(\C)C1=C([Si](C)(C)C)C(OC)=C2C(C)=CC(=O)CC21C. The lowest BCUT2D eigenvalue weighted by Gasteiger charge is -2.35. The van der Waals surface area contributed by atoms with Crippen LogP contribution in [0.3, 0.4) is 0 Å². The average Bonchev–Trinajstić information content (AvgIpc) is 2.67. The van der Waals surface area contributed by atoms with Crippen LogP contribution in [0.15, 0.2) is 45.6 Å². The lowest BCUT2D eigenvalue weighted by molar-refractivity contribution is -0.116. The molecule has 0 aromatic carbocycles. The van der Waals surface area contributed by atoms with Crippen molar-refractivity contribution in [2.45, 2.75) is 46.8 Å². The molecule has 0 amide bonds. The second-order valence-electron chi connectivity index (χ2n) is 7.75. The van der Waals surface area contributed by atoms with Crippen LogP contribution in [0.5, 0.6) is 0 Å². The summed E-state index contributed by atoms with van der Waals surface area (Å²) >= 11 is 0. The van der Waals surface area contributed by atoms with Gasteiger partial charge >= 0.3 is 0 Å². The molecule has 0 fully saturated rings. The van der Waals surface area contributed by atoms with E-state index in [1.807, 2.05) is 6.92 Å². The standard InChI is InChI=1S/C19H28O3Si/c1-12-9-14(20)10-19(3)15(12)17(22-5)18(23(6,7)8)16(19)13(2)11-21-4/h9,11H,10H2,1-8H3/b13-11+. The van der Waals surface area contributed by atoms with Crippen LogP contribution in [0.1, 0.15) is 27.2 Å². The van der Waals surface area contributed by atoms with E-state index in [9.17, 15) is 4.79 Å². The highest BCUT2D eigenvalue weighted by Gasteiger charge is 2.50. The van der Waals surface area contributed by atoms with Gasteiger partial charge in [0.15, 0.2) is 5.78 Å². The third-order valence-electron chi connectivity index (χ3n) is 4.75. The molecule has 0 aromatic heterocycles. The van der Waals surface area contributed by atoms with Crippen LogP contribution < -0.4 is 0 Å². The maximum Gasteiger partial charge on any atom is 0.157 e. The van der Waals surface area contributed by atoms with Gasteiger partial charge in [0.2, 0.25) is 0 Å². The van der Waals surface area contributed by atoms with E-state index >= 15 is 0 Å². The Morgan fingerprint density at radius 3 is 2.39 bits per heavy atom. The van der Waals surface area contributed by atoms with Gasteiger partial charge < -0.3 is 9.47 Å². The van der Waals surface area contributed by atoms with Crippen molar-refractivity contribution in [1.82, 2.24) is 0 Å². The highest BCUT2D eigenvalue weighted by Crippen LogP contribution is 2.57. The summed E-state index contributed by atoms with van der Waals surface area (Å²) in [5, 5.41) is 1.31. The van der Waals surface area contributed by atoms with Crippen LogP contribution in [0.2, 0.25) is 19.6 Å². The van der Waals surface area contributed by atoms with Gasteiger partial charge in [-0.1, -0.05) is 26.6 Å². The molecular formula is C19H28O3Si. The van der Waals surface area contributed by atoms with Gasteiger partial charge in [0.1, 0.15) is 5.76 Å². The molecule has 2 rings (SSSR count). The van der Waals surface area contributed by atoms with Crippen molar-refractivity contribution in [2.24, 2.45) is 5.41 Å². The molecule has 2 aliphatic carbocycles. The fraction of sp³-hybridized carbons (Fsp3) is 0.526. The first-order valence-corrected chi connectivity index (χ1v) is 11.5. The number of hydrogen-bond donors (Lipinski definition) is 0. The Morgan fingerprint density at radius 2 is 1.91 bits per heavy atom. The minimum absolute atomic E-state index is 0.184. The zero-order chi connectivity index (χ0) is 17.6. The van der Waals surface area contributed by atoms with Crippen LogP contribution in [0, 0.1) is 5.41 Å². The zero-order valence-electron chi connectivity index (χ0n) is 15.6. The Hall–Kier alpha value is -1.55. The van der Waals surface area contributed by atoms with E-state index < -0.39 is 8.07 Å². The van der Waals surface area contributed by atoms with Crippen molar-refractivity contribution >= 4 is 13.9 Å². The molecule has 0 aliphatic heterocycles. The summed E-state index contributed by atoms with van der Waals surface area (Å²) in [7, 11) is 1.72.